The molecule has 0 aliphatic heterocycles. The van der Waals surface area contributed by atoms with Crippen molar-refractivity contribution >= 4 is 21.6 Å². The Morgan fingerprint density at radius 2 is 1.71 bits per heavy atom. The Labute approximate surface area is 127 Å². The van der Waals surface area contributed by atoms with Crippen LogP contribution in [0.25, 0.3) is 0 Å². The molecular weight excluding hydrogens is 315 g/mol. The molecule has 0 radical (unpaired) electrons. The van der Waals surface area contributed by atoms with Gasteiger partial charge in [-0.25, -0.2) is 17.5 Å². The zero-order chi connectivity index (χ0) is 15.5. The molecule has 0 aromatic heterocycles. The van der Waals surface area contributed by atoms with Gasteiger partial charge in [-0.3, -0.25) is 0 Å². The second kappa shape index (κ2) is 6.53. The van der Waals surface area contributed by atoms with Gasteiger partial charge in [0.2, 0.25) is 10.0 Å². The Bertz CT molecular complexity index is 733. The molecule has 4 nitrogen and oxygen atoms in total. The molecule has 0 saturated carbocycles. The van der Waals surface area contributed by atoms with E-state index in [1.54, 1.807) is 6.07 Å². The quantitative estimate of drug-likeness (QED) is 0.885. The lowest BCUT2D eigenvalue weighted by molar-refractivity contribution is 0.581. The minimum Gasteiger partial charge on any atom is -0.326 e. The fourth-order valence-corrected chi connectivity index (χ4v) is 3.33. The molecule has 0 aliphatic carbocycles. The van der Waals surface area contributed by atoms with Gasteiger partial charge in [0, 0.05) is 13.1 Å². The number of hydrogen-bond acceptors (Lipinski definition) is 3. The Balaban J connectivity index is 2.16. The number of hydrogen-bond donors (Lipinski definition) is 2. The molecule has 0 spiro atoms. The summed E-state index contributed by atoms with van der Waals surface area (Å²) in [5.41, 5.74) is 6.87. The number of benzene rings is 2. The smallest absolute Gasteiger partial charge is 0.242 e. The molecule has 7 heteroatoms. The number of nitrogens with two attached hydrogens (primary N) is 1. The van der Waals surface area contributed by atoms with E-state index in [9.17, 15) is 12.8 Å². The molecule has 0 aliphatic rings. The second-order valence-electron chi connectivity index (χ2n) is 4.42. The predicted octanol–water partition coefficient (Wildman–Crippen LogP) is 2.42. The number of halogens is 2. The van der Waals surface area contributed by atoms with Crippen molar-refractivity contribution in [3.05, 3.63) is 64.4 Å². The van der Waals surface area contributed by atoms with Crippen LogP contribution in [0, 0.1) is 5.82 Å². The normalized spacial score (nSPS) is 11.6. The van der Waals surface area contributed by atoms with Gasteiger partial charge in [-0.05, 0) is 35.4 Å². The number of sulfonamides is 1. The van der Waals surface area contributed by atoms with Crippen LogP contribution in [0.15, 0.2) is 47.4 Å². The molecule has 2 rings (SSSR count). The minimum atomic E-state index is -3.74. The van der Waals surface area contributed by atoms with Gasteiger partial charge in [-0.2, -0.15) is 0 Å². The summed E-state index contributed by atoms with van der Waals surface area (Å²) < 4.78 is 39.6. The van der Waals surface area contributed by atoms with Crippen LogP contribution in [0.1, 0.15) is 11.1 Å². The van der Waals surface area contributed by atoms with Gasteiger partial charge in [-0.1, -0.05) is 29.8 Å². The molecule has 2 aromatic rings. The average Bonchev–Trinajstić information content (AvgIpc) is 2.46. The molecule has 0 unspecified atom stereocenters. The van der Waals surface area contributed by atoms with Crippen LogP contribution < -0.4 is 10.5 Å². The Hall–Kier alpha value is -1.47. The van der Waals surface area contributed by atoms with E-state index >= 15 is 0 Å². The topological polar surface area (TPSA) is 72.2 Å². The van der Waals surface area contributed by atoms with Gasteiger partial charge in [0.25, 0.3) is 0 Å². The highest BCUT2D eigenvalue weighted by atomic mass is 35.5. The van der Waals surface area contributed by atoms with E-state index in [0.29, 0.717) is 5.56 Å². The third kappa shape index (κ3) is 4.01. The molecule has 0 fully saturated rings. The van der Waals surface area contributed by atoms with Gasteiger partial charge in [0.1, 0.15) is 10.7 Å². The van der Waals surface area contributed by atoms with Crippen LogP contribution >= 0.6 is 11.6 Å². The summed E-state index contributed by atoms with van der Waals surface area (Å²) >= 11 is 5.97. The SMILES string of the molecule is NCc1ccc(S(=O)(=O)NCc2ccc(F)cc2)c(Cl)c1. The van der Waals surface area contributed by atoms with E-state index in [1.807, 2.05) is 0 Å². The number of rotatable bonds is 5. The first-order valence-electron chi connectivity index (χ1n) is 6.15. The Morgan fingerprint density at radius 3 is 2.29 bits per heavy atom. The molecule has 3 N–H and O–H groups in total. The molecular formula is C14H14ClFN2O2S. The maximum atomic E-state index is 12.8. The maximum Gasteiger partial charge on any atom is 0.242 e. The highest BCUT2D eigenvalue weighted by Gasteiger charge is 2.17. The van der Waals surface area contributed by atoms with Gasteiger partial charge in [0.15, 0.2) is 0 Å². The standard InChI is InChI=1S/C14H14ClFN2O2S/c15-13-7-11(8-17)3-6-14(13)21(19,20)18-9-10-1-4-12(16)5-2-10/h1-7,18H,8-9,17H2. The van der Waals surface area contributed by atoms with Crippen LogP contribution in [0.4, 0.5) is 4.39 Å². The lowest BCUT2D eigenvalue weighted by Gasteiger charge is -2.09. The van der Waals surface area contributed by atoms with Crippen molar-refractivity contribution in [2.75, 3.05) is 0 Å². The lowest BCUT2D eigenvalue weighted by Crippen LogP contribution is -2.23. The highest BCUT2D eigenvalue weighted by Crippen LogP contribution is 2.22. The molecule has 0 bridgehead atoms. The first kappa shape index (κ1) is 15.9. The van der Waals surface area contributed by atoms with Gasteiger partial charge >= 0.3 is 0 Å². The van der Waals surface area contributed by atoms with Crippen molar-refractivity contribution in [2.45, 2.75) is 18.0 Å². The maximum absolute atomic E-state index is 12.8. The molecule has 112 valence electrons. The summed E-state index contributed by atoms with van der Waals surface area (Å²) in [5, 5.41) is 0.115. The molecule has 0 heterocycles. The summed E-state index contributed by atoms with van der Waals surface area (Å²) in [7, 11) is -3.74. The summed E-state index contributed by atoms with van der Waals surface area (Å²) in [5.74, 6) is -0.373. The highest BCUT2D eigenvalue weighted by molar-refractivity contribution is 7.89. The fraction of sp³-hybridized carbons (Fsp3) is 0.143. The summed E-state index contributed by atoms with van der Waals surface area (Å²) in [6.45, 7) is 0.334. The predicted molar refractivity (Wildman–Crippen MR) is 79.8 cm³/mol. The van der Waals surface area contributed by atoms with Crippen molar-refractivity contribution in [3.63, 3.8) is 0 Å². The minimum absolute atomic E-state index is 0.0107. The van der Waals surface area contributed by atoms with Crippen molar-refractivity contribution in [1.29, 1.82) is 0 Å². The van der Waals surface area contributed by atoms with Crippen molar-refractivity contribution in [3.8, 4) is 0 Å². The third-order valence-corrected chi connectivity index (χ3v) is 4.79. The van der Waals surface area contributed by atoms with E-state index in [4.69, 9.17) is 17.3 Å². The van der Waals surface area contributed by atoms with Crippen LogP contribution in [0.5, 0.6) is 0 Å². The fourth-order valence-electron chi connectivity index (χ4n) is 1.75. The molecule has 0 atom stereocenters. The molecule has 2 aromatic carbocycles. The van der Waals surface area contributed by atoms with Crippen LogP contribution in [0.2, 0.25) is 5.02 Å². The van der Waals surface area contributed by atoms with Crippen molar-refractivity contribution in [2.24, 2.45) is 5.73 Å². The van der Waals surface area contributed by atoms with Gasteiger partial charge in [0.05, 0.1) is 5.02 Å². The zero-order valence-corrected chi connectivity index (χ0v) is 12.6. The molecule has 0 saturated heterocycles. The van der Waals surface area contributed by atoms with E-state index in [2.05, 4.69) is 4.72 Å². The first-order chi connectivity index (χ1) is 9.92. The number of nitrogens with one attached hydrogen (secondary N) is 1. The zero-order valence-electron chi connectivity index (χ0n) is 11.0. The van der Waals surface area contributed by atoms with Crippen molar-refractivity contribution in [1.82, 2.24) is 4.72 Å². The summed E-state index contributed by atoms with van der Waals surface area (Å²) in [6, 6.07) is 10.1. The molecule has 21 heavy (non-hydrogen) atoms. The Kier molecular flexibility index (Phi) is 4.95. The van der Waals surface area contributed by atoms with Gasteiger partial charge in [-0.15, -0.1) is 0 Å². The second-order valence-corrected chi connectivity index (χ2v) is 6.56. The summed E-state index contributed by atoms with van der Waals surface area (Å²) in [4.78, 5) is -0.0107. The average molecular weight is 329 g/mol. The summed E-state index contributed by atoms with van der Waals surface area (Å²) in [6.07, 6.45) is 0. The first-order valence-corrected chi connectivity index (χ1v) is 8.01. The van der Waals surface area contributed by atoms with Crippen LogP contribution in [-0.2, 0) is 23.1 Å². The Morgan fingerprint density at radius 1 is 1.10 bits per heavy atom. The van der Waals surface area contributed by atoms with E-state index in [0.717, 1.165) is 5.56 Å². The van der Waals surface area contributed by atoms with E-state index in [1.165, 1.54) is 36.4 Å². The third-order valence-electron chi connectivity index (χ3n) is 2.90. The largest absolute Gasteiger partial charge is 0.326 e. The monoisotopic (exact) mass is 328 g/mol. The lowest BCUT2D eigenvalue weighted by atomic mass is 10.2. The van der Waals surface area contributed by atoms with Gasteiger partial charge < -0.3 is 5.73 Å². The van der Waals surface area contributed by atoms with Crippen LogP contribution in [0.3, 0.4) is 0 Å². The van der Waals surface area contributed by atoms with Crippen LogP contribution in [-0.4, -0.2) is 8.42 Å². The molecule has 0 amide bonds. The van der Waals surface area contributed by atoms with Crippen molar-refractivity contribution < 1.29 is 12.8 Å². The van der Waals surface area contributed by atoms with E-state index < -0.39 is 10.0 Å². The van der Waals surface area contributed by atoms with E-state index in [-0.39, 0.29) is 28.8 Å².